The number of nitrogens with two attached hydrogens (primary N) is 1. The molecular formula is C13H11FN4O2S. The molecule has 0 amide bonds. The molecule has 2 rings (SSSR count). The van der Waals surface area contributed by atoms with Gasteiger partial charge in [-0.15, -0.1) is 0 Å². The van der Waals surface area contributed by atoms with Gasteiger partial charge in [-0.05, 0) is 24.3 Å². The van der Waals surface area contributed by atoms with Gasteiger partial charge in [0.05, 0.1) is 17.0 Å². The lowest BCUT2D eigenvalue weighted by molar-refractivity contribution is 0.594. The minimum atomic E-state index is -3.96. The normalized spacial score (nSPS) is 10.6. The highest BCUT2D eigenvalue weighted by atomic mass is 32.2. The summed E-state index contributed by atoms with van der Waals surface area (Å²) in [6, 6.07) is 4.95. The van der Waals surface area contributed by atoms with Gasteiger partial charge in [0.2, 0.25) is 5.95 Å². The van der Waals surface area contributed by atoms with Crippen LogP contribution in [0.5, 0.6) is 0 Å². The van der Waals surface area contributed by atoms with Crippen molar-refractivity contribution in [3.8, 4) is 11.8 Å². The van der Waals surface area contributed by atoms with E-state index in [0.29, 0.717) is 0 Å². The maximum atomic E-state index is 13.8. The Morgan fingerprint density at radius 3 is 2.62 bits per heavy atom. The molecule has 0 spiro atoms. The molecule has 1 heterocycles. The van der Waals surface area contributed by atoms with Gasteiger partial charge >= 0.3 is 0 Å². The quantitative estimate of drug-likeness (QED) is 0.815. The van der Waals surface area contributed by atoms with Crippen LogP contribution in [0.25, 0.3) is 0 Å². The average molecular weight is 306 g/mol. The molecule has 0 saturated carbocycles. The van der Waals surface area contributed by atoms with Crippen LogP contribution in [-0.4, -0.2) is 24.9 Å². The van der Waals surface area contributed by atoms with Crippen molar-refractivity contribution in [3.05, 3.63) is 48.0 Å². The summed E-state index contributed by atoms with van der Waals surface area (Å²) in [5.41, 5.74) is 5.27. The number of hydrogen-bond donors (Lipinski definition) is 2. The van der Waals surface area contributed by atoms with Crippen molar-refractivity contribution in [2.45, 2.75) is 4.90 Å². The van der Waals surface area contributed by atoms with Crippen molar-refractivity contribution >= 4 is 16.0 Å². The van der Waals surface area contributed by atoms with Gasteiger partial charge in [0.15, 0.2) is 0 Å². The zero-order valence-corrected chi connectivity index (χ0v) is 11.6. The van der Waals surface area contributed by atoms with Gasteiger partial charge in [0.1, 0.15) is 5.82 Å². The topological polar surface area (TPSA) is 98.0 Å². The lowest BCUT2D eigenvalue weighted by Crippen LogP contribution is -2.15. The SMILES string of the molecule is NCC#Cc1ccc(S(=O)(=O)Nc2ncccn2)cc1F. The highest BCUT2D eigenvalue weighted by Gasteiger charge is 2.17. The first kappa shape index (κ1) is 14.9. The molecular weight excluding hydrogens is 295 g/mol. The Hall–Kier alpha value is -2.50. The molecule has 108 valence electrons. The van der Waals surface area contributed by atoms with Crippen LogP contribution in [0.4, 0.5) is 10.3 Å². The second kappa shape index (κ2) is 6.30. The van der Waals surface area contributed by atoms with Crippen LogP contribution < -0.4 is 10.5 Å². The van der Waals surface area contributed by atoms with Gasteiger partial charge in [-0.2, -0.15) is 0 Å². The first-order valence-electron chi connectivity index (χ1n) is 5.81. The largest absolute Gasteiger partial charge is 0.320 e. The van der Waals surface area contributed by atoms with Gasteiger partial charge in [0.25, 0.3) is 10.0 Å². The number of sulfonamides is 1. The van der Waals surface area contributed by atoms with E-state index >= 15 is 0 Å². The van der Waals surface area contributed by atoms with Crippen molar-refractivity contribution in [1.29, 1.82) is 0 Å². The molecule has 2 aromatic rings. The zero-order valence-electron chi connectivity index (χ0n) is 10.7. The van der Waals surface area contributed by atoms with E-state index in [9.17, 15) is 12.8 Å². The van der Waals surface area contributed by atoms with Crippen LogP contribution >= 0.6 is 0 Å². The third-order valence-corrected chi connectivity index (χ3v) is 3.69. The van der Waals surface area contributed by atoms with E-state index in [-0.39, 0.29) is 23.0 Å². The van der Waals surface area contributed by atoms with Crippen LogP contribution in [0.2, 0.25) is 0 Å². The second-order valence-electron chi connectivity index (χ2n) is 3.83. The Labute approximate surface area is 121 Å². The molecule has 0 aliphatic carbocycles. The summed E-state index contributed by atoms with van der Waals surface area (Å²) in [7, 11) is -3.96. The molecule has 0 fully saturated rings. The molecule has 0 atom stereocenters. The fourth-order valence-electron chi connectivity index (χ4n) is 1.44. The van der Waals surface area contributed by atoms with Gasteiger partial charge < -0.3 is 5.73 Å². The van der Waals surface area contributed by atoms with E-state index in [1.54, 1.807) is 6.07 Å². The number of nitrogens with one attached hydrogen (secondary N) is 1. The van der Waals surface area contributed by atoms with Crippen molar-refractivity contribution in [2.75, 3.05) is 11.3 Å². The molecule has 3 N–H and O–H groups in total. The highest BCUT2D eigenvalue weighted by Crippen LogP contribution is 2.16. The van der Waals surface area contributed by atoms with Crippen LogP contribution in [0, 0.1) is 17.7 Å². The summed E-state index contributed by atoms with van der Waals surface area (Å²) >= 11 is 0. The minimum Gasteiger partial charge on any atom is -0.320 e. The van der Waals surface area contributed by atoms with E-state index < -0.39 is 15.8 Å². The molecule has 21 heavy (non-hydrogen) atoms. The van der Waals surface area contributed by atoms with Crippen molar-refractivity contribution < 1.29 is 12.8 Å². The second-order valence-corrected chi connectivity index (χ2v) is 5.51. The first-order valence-corrected chi connectivity index (χ1v) is 7.29. The number of rotatable bonds is 3. The standard InChI is InChI=1S/C13H11FN4O2S/c14-12-9-11(5-4-10(12)3-1-6-15)21(19,20)18-13-16-7-2-8-17-13/h2,4-5,7-9H,6,15H2,(H,16,17,18). The molecule has 8 heteroatoms. The minimum absolute atomic E-state index is 0.0790. The average Bonchev–Trinajstić information content (AvgIpc) is 2.46. The van der Waals surface area contributed by atoms with Crippen molar-refractivity contribution in [1.82, 2.24) is 9.97 Å². The summed E-state index contributed by atoms with van der Waals surface area (Å²) in [5, 5.41) is 0. The molecule has 0 aliphatic rings. The molecule has 0 saturated heterocycles. The Balaban J connectivity index is 2.31. The molecule has 1 aromatic carbocycles. The van der Waals surface area contributed by atoms with Crippen LogP contribution in [-0.2, 0) is 10.0 Å². The zero-order chi connectivity index (χ0) is 15.3. The maximum absolute atomic E-state index is 13.8. The Morgan fingerprint density at radius 1 is 1.29 bits per heavy atom. The predicted octanol–water partition coefficient (Wildman–Crippen LogP) is 0.727. The summed E-state index contributed by atoms with van der Waals surface area (Å²) in [6.07, 6.45) is 2.77. The lowest BCUT2D eigenvalue weighted by atomic mass is 10.2. The monoisotopic (exact) mass is 306 g/mol. The number of nitrogens with zero attached hydrogens (tertiary/aromatic N) is 2. The summed E-state index contributed by atoms with van der Waals surface area (Å²) in [5.74, 6) is 4.17. The van der Waals surface area contributed by atoms with Gasteiger partial charge in [-0.1, -0.05) is 11.8 Å². The van der Waals surface area contributed by atoms with Gasteiger partial charge in [-0.25, -0.2) is 27.5 Å². The van der Waals surface area contributed by atoms with Crippen LogP contribution in [0.1, 0.15) is 5.56 Å². The summed E-state index contributed by atoms with van der Waals surface area (Å²) in [4.78, 5) is 7.23. The molecule has 1 aromatic heterocycles. The van der Waals surface area contributed by atoms with Crippen molar-refractivity contribution in [3.63, 3.8) is 0 Å². The number of hydrogen-bond acceptors (Lipinski definition) is 5. The Bertz CT molecular complexity index is 798. The third-order valence-electron chi connectivity index (χ3n) is 2.37. The maximum Gasteiger partial charge on any atom is 0.264 e. The van der Waals surface area contributed by atoms with Gasteiger partial charge in [-0.3, -0.25) is 0 Å². The fraction of sp³-hybridized carbons (Fsp3) is 0.0769. The Morgan fingerprint density at radius 2 is 2.00 bits per heavy atom. The lowest BCUT2D eigenvalue weighted by Gasteiger charge is -2.06. The fourth-order valence-corrected chi connectivity index (χ4v) is 2.41. The van der Waals surface area contributed by atoms with Gasteiger partial charge in [0, 0.05) is 12.4 Å². The third kappa shape index (κ3) is 3.75. The van der Waals surface area contributed by atoms with Crippen molar-refractivity contribution in [2.24, 2.45) is 5.73 Å². The molecule has 0 radical (unpaired) electrons. The van der Waals surface area contributed by atoms with E-state index in [1.807, 2.05) is 0 Å². The van der Waals surface area contributed by atoms with Crippen LogP contribution in [0.15, 0.2) is 41.6 Å². The molecule has 0 aliphatic heterocycles. The smallest absolute Gasteiger partial charge is 0.264 e. The number of aromatic nitrogens is 2. The number of anilines is 1. The van der Waals surface area contributed by atoms with E-state index in [1.165, 1.54) is 24.5 Å². The van der Waals surface area contributed by atoms with Crippen LogP contribution in [0.3, 0.4) is 0 Å². The van der Waals surface area contributed by atoms with E-state index in [4.69, 9.17) is 5.73 Å². The number of halogens is 1. The Kier molecular flexibility index (Phi) is 4.47. The first-order chi connectivity index (χ1) is 10.0. The molecule has 0 bridgehead atoms. The highest BCUT2D eigenvalue weighted by molar-refractivity contribution is 7.92. The molecule has 6 nitrogen and oxygen atoms in total. The number of benzene rings is 1. The van der Waals surface area contributed by atoms with E-state index in [2.05, 4.69) is 26.5 Å². The van der Waals surface area contributed by atoms with E-state index in [0.717, 1.165) is 6.07 Å². The predicted molar refractivity (Wildman–Crippen MR) is 75.2 cm³/mol. The summed E-state index contributed by atoms with van der Waals surface area (Å²) < 4.78 is 40.1. The molecule has 0 unspecified atom stereocenters. The summed E-state index contributed by atoms with van der Waals surface area (Å²) in [6.45, 7) is 0.0897.